The number of nitrogens with one attached hydrogen (secondary N) is 1. The summed E-state index contributed by atoms with van der Waals surface area (Å²) in [6, 6.07) is 0. The van der Waals surface area contributed by atoms with Crippen LogP contribution < -0.4 is 5.32 Å². The molecule has 0 atom stereocenters. The van der Waals surface area contributed by atoms with Crippen LogP contribution in [0.15, 0.2) is 64.0 Å². The Balaban J connectivity index is 4.75. The third kappa shape index (κ3) is 12.6. The van der Waals surface area contributed by atoms with Gasteiger partial charge in [-0.1, -0.05) is 44.5 Å². The number of hydrogen-bond donors (Lipinski definition) is 1. The number of carbonyl (C=O) groups excluding carboxylic acids is 2. The van der Waals surface area contributed by atoms with Gasteiger partial charge in [0.25, 0.3) is 0 Å². The van der Waals surface area contributed by atoms with Crippen molar-refractivity contribution in [3.05, 3.63) is 59.0 Å². The van der Waals surface area contributed by atoms with Gasteiger partial charge in [-0.2, -0.15) is 4.99 Å². The second-order valence-electron chi connectivity index (χ2n) is 6.80. The van der Waals surface area contributed by atoms with Gasteiger partial charge in [0, 0.05) is 22.7 Å². The van der Waals surface area contributed by atoms with Crippen LogP contribution in [0.3, 0.4) is 0 Å². The Bertz CT molecular complexity index is 707. The first-order valence-corrected chi connectivity index (χ1v) is 9.35. The van der Waals surface area contributed by atoms with Gasteiger partial charge in [0.15, 0.2) is 0 Å². The van der Waals surface area contributed by atoms with E-state index in [9.17, 15) is 9.59 Å². The maximum absolute atomic E-state index is 11.7. The number of amides is 2. The molecule has 2 amide bonds. The minimum absolute atomic E-state index is 0.0834. The summed E-state index contributed by atoms with van der Waals surface area (Å²) >= 11 is 1.42. The highest BCUT2D eigenvalue weighted by molar-refractivity contribution is 8.06. The number of carbonyl (C=O) groups is 2. The molecule has 0 fully saturated rings. The lowest BCUT2D eigenvalue weighted by Gasteiger charge is -2.17. The Hall–Kier alpha value is -2.34. The van der Waals surface area contributed by atoms with Crippen molar-refractivity contribution >= 4 is 29.5 Å². The molecule has 0 unspecified atom stereocenters. The van der Waals surface area contributed by atoms with Crippen LogP contribution in [0.2, 0.25) is 0 Å². The van der Waals surface area contributed by atoms with Crippen LogP contribution in [0.4, 0.5) is 4.79 Å². The van der Waals surface area contributed by atoms with Gasteiger partial charge in [0.1, 0.15) is 5.60 Å². The Morgan fingerprint density at radius 3 is 2.26 bits per heavy atom. The van der Waals surface area contributed by atoms with Crippen LogP contribution in [-0.2, 0) is 9.53 Å². The van der Waals surface area contributed by atoms with Gasteiger partial charge >= 0.3 is 6.09 Å². The van der Waals surface area contributed by atoms with Gasteiger partial charge in [0.05, 0.1) is 0 Å². The van der Waals surface area contributed by atoms with Crippen molar-refractivity contribution in [1.29, 1.82) is 0 Å². The largest absolute Gasteiger partial charge is 0.442 e. The van der Waals surface area contributed by atoms with E-state index in [1.54, 1.807) is 52.8 Å². The van der Waals surface area contributed by atoms with E-state index in [-0.39, 0.29) is 5.91 Å². The molecule has 0 saturated heterocycles. The normalized spacial score (nSPS) is 12.7. The lowest BCUT2D eigenvalue weighted by molar-refractivity contribution is -0.120. The van der Waals surface area contributed by atoms with E-state index in [4.69, 9.17) is 4.74 Å². The fourth-order valence-corrected chi connectivity index (χ4v) is 2.41. The zero-order valence-electron chi connectivity index (χ0n) is 17.1. The predicted molar refractivity (Wildman–Crippen MR) is 116 cm³/mol. The van der Waals surface area contributed by atoms with Crippen molar-refractivity contribution < 1.29 is 14.3 Å². The van der Waals surface area contributed by atoms with Crippen molar-refractivity contribution in [2.24, 2.45) is 4.99 Å². The van der Waals surface area contributed by atoms with Crippen molar-refractivity contribution in [2.45, 2.75) is 53.6 Å². The highest BCUT2D eigenvalue weighted by Crippen LogP contribution is 2.29. The number of thioether (sulfide) groups is 1. The predicted octanol–water partition coefficient (Wildman–Crippen LogP) is 5.69. The van der Waals surface area contributed by atoms with Crippen LogP contribution in [0.25, 0.3) is 0 Å². The molecular weight excluding hydrogens is 360 g/mol. The second kappa shape index (κ2) is 11.4. The molecule has 0 bridgehead atoms. The minimum Gasteiger partial charge on any atom is -0.442 e. The Kier molecular flexibility index (Phi) is 10.4. The Labute approximate surface area is 167 Å². The SMILES string of the molecule is C=C(C=C(C)SC(=C)C(=C)/C=C\C(C)=NC(=O)OC(C)(C)C)NC(=O)CC. The molecule has 0 rings (SSSR count). The number of ether oxygens (including phenoxy) is 1. The molecule has 1 N–H and O–H groups in total. The highest BCUT2D eigenvalue weighted by atomic mass is 32.2. The number of allylic oxidation sites excluding steroid dienone is 5. The van der Waals surface area contributed by atoms with E-state index in [2.05, 4.69) is 30.0 Å². The number of nitrogens with zero attached hydrogens (tertiary/aromatic N) is 1. The number of aliphatic imine (C=N–C) groups is 1. The fraction of sp³-hybridized carbons (Fsp3) is 0.381. The molecule has 27 heavy (non-hydrogen) atoms. The summed E-state index contributed by atoms with van der Waals surface area (Å²) in [5.41, 5.74) is 1.14. The molecule has 6 heteroatoms. The molecule has 0 aromatic heterocycles. The number of hydrogen-bond acceptors (Lipinski definition) is 4. The van der Waals surface area contributed by atoms with Gasteiger partial charge in [0.2, 0.25) is 5.91 Å². The first-order chi connectivity index (χ1) is 12.3. The molecule has 0 aromatic carbocycles. The van der Waals surface area contributed by atoms with Crippen molar-refractivity contribution in [3.8, 4) is 0 Å². The lowest BCUT2D eigenvalue weighted by atomic mass is 10.2. The van der Waals surface area contributed by atoms with Gasteiger partial charge in [-0.25, -0.2) is 4.79 Å². The van der Waals surface area contributed by atoms with Crippen LogP contribution in [0, 0.1) is 0 Å². The summed E-state index contributed by atoms with van der Waals surface area (Å²) in [7, 11) is 0. The fourth-order valence-electron chi connectivity index (χ4n) is 1.62. The van der Waals surface area contributed by atoms with Gasteiger partial charge < -0.3 is 10.1 Å². The van der Waals surface area contributed by atoms with Gasteiger partial charge in [-0.15, -0.1) is 0 Å². The summed E-state index contributed by atoms with van der Waals surface area (Å²) in [5.74, 6) is -0.0834. The molecule has 0 aliphatic rings. The van der Waals surface area contributed by atoms with Gasteiger partial charge in [-0.05, 0) is 57.2 Å². The summed E-state index contributed by atoms with van der Waals surface area (Å²) in [5, 5.41) is 2.69. The summed E-state index contributed by atoms with van der Waals surface area (Å²) in [4.78, 5) is 28.5. The Morgan fingerprint density at radius 2 is 1.74 bits per heavy atom. The van der Waals surface area contributed by atoms with E-state index in [1.807, 2.05) is 6.92 Å². The van der Waals surface area contributed by atoms with Gasteiger partial charge in [-0.3, -0.25) is 4.79 Å². The third-order valence-electron chi connectivity index (χ3n) is 2.83. The average molecular weight is 391 g/mol. The second-order valence-corrected chi connectivity index (χ2v) is 8.14. The van der Waals surface area contributed by atoms with Crippen molar-refractivity contribution in [2.75, 3.05) is 0 Å². The minimum atomic E-state index is -0.630. The van der Waals surface area contributed by atoms with Crippen LogP contribution in [0.5, 0.6) is 0 Å². The third-order valence-corrected chi connectivity index (χ3v) is 3.78. The molecule has 0 spiro atoms. The first-order valence-electron chi connectivity index (χ1n) is 8.53. The summed E-state index contributed by atoms with van der Waals surface area (Å²) in [6.07, 6.45) is 4.96. The molecule has 5 nitrogen and oxygen atoms in total. The zero-order chi connectivity index (χ0) is 21.2. The lowest BCUT2D eigenvalue weighted by Crippen LogP contribution is -2.22. The molecule has 0 aromatic rings. The maximum atomic E-state index is 11.7. The molecular formula is C21H30N2O3S. The number of rotatable bonds is 8. The van der Waals surface area contributed by atoms with Crippen molar-refractivity contribution in [1.82, 2.24) is 5.32 Å². The molecule has 0 heterocycles. The standard InChI is InChI=1S/C21H30N2O3S/c1-10-19(24)22-16(4)13-17(5)27-18(6)14(2)11-12-15(3)23-20(25)26-21(7,8)9/h11-13H,2,4,6,10H2,1,3,5,7-9H3,(H,22,24)/b12-11-,17-13?,23-15?. The smallest absolute Gasteiger partial charge is 0.434 e. The monoisotopic (exact) mass is 390 g/mol. The van der Waals surface area contributed by atoms with Crippen LogP contribution in [-0.4, -0.2) is 23.3 Å². The maximum Gasteiger partial charge on any atom is 0.434 e. The van der Waals surface area contributed by atoms with Crippen LogP contribution >= 0.6 is 11.8 Å². The highest BCUT2D eigenvalue weighted by Gasteiger charge is 2.15. The van der Waals surface area contributed by atoms with E-state index in [0.717, 1.165) is 9.81 Å². The zero-order valence-corrected chi connectivity index (χ0v) is 18.0. The summed E-state index contributed by atoms with van der Waals surface area (Å²) < 4.78 is 5.14. The topological polar surface area (TPSA) is 67.8 Å². The van der Waals surface area contributed by atoms with E-state index in [0.29, 0.717) is 23.4 Å². The van der Waals surface area contributed by atoms with Crippen molar-refractivity contribution in [3.63, 3.8) is 0 Å². The average Bonchev–Trinajstić information content (AvgIpc) is 2.49. The van der Waals surface area contributed by atoms with E-state index in [1.165, 1.54) is 11.8 Å². The van der Waals surface area contributed by atoms with Crippen LogP contribution in [0.1, 0.15) is 48.0 Å². The molecule has 0 aliphatic heterocycles. The first kappa shape index (κ1) is 24.7. The Morgan fingerprint density at radius 1 is 1.15 bits per heavy atom. The molecule has 0 aliphatic carbocycles. The molecule has 0 radical (unpaired) electrons. The van der Waals surface area contributed by atoms with E-state index >= 15 is 0 Å². The molecule has 148 valence electrons. The summed E-state index contributed by atoms with van der Waals surface area (Å²) in [6.45, 7) is 22.5. The van der Waals surface area contributed by atoms with E-state index < -0.39 is 11.7 Å². The molecule has 0 saturated carbocycles. The quantitative estimate of drug-likeness (QED) is 0.427.